The molecule has 0 saturated heterocycles. The zero-order valence-corrected chi connectivity index (χ0v) is 13.9. The predicted octanol–water partition coefficient (Wildman–Crippen LogP) is 3.78. The van der Waals surface area contributed by atoms with Crippen molar-refractivity contribution in [3.05, 3.63) is 28.2 Å². The van der Waals surface area contributed by atoms with Crippen LogP contribution in [0.15, 0.2) is 22.7 Å². The van der Waals surface area contributed by atoms with Crippen molar-refractivity contribution in [3.63, 3.8) is 0 Å². The number of nitrogens with one attached hydrogen (secondary N) is 2. The Morgan fingerprint density at radius 2 is 2.10 bits per heavy atom. The van der Waals surface area contributed by atoms with Crippen molar-refractivity contribution < 1.29 is 14.7 Å². The highest BCUT2D eigenvalue weighted by Gasteiger charge is 2.10. The Kier molecular flexibility index (Phi) is 7.22. The summed E-state index contributed by atoms with van der Waals surface area (Å²) >= 11 is 3.41. The zero-order chi connectivity index (χ0) is 15.8. The first-order chi connectivity index (χ1) is 9.92. The first-order valence-corrected chi connectivity index (χ1v) is 7.79. The van der Waals surface area contributed by atoms with Gasteiger partial charge in [0.1, 0.15) is 0 Å². The molecule has 0 saturated carbocycles. The number of carbonyl (C=O) groups is 2. The molecule has 116 valence electrons. The number of hydrogen-bond donors (Lipinski definition) is 3. The number of benzene rings is 1. The van der Waals surface area contributed by atoms with Crippen LogP contribution in [-0.4, -0.2) is 23.1 Å². The summed E-state index contributed by atoms with van der Waals surface area (Å²) in [6.45, 7) is 3.89. The molecule has 0 heterocycles. The molecule has 0 aromatic heterocycles. The van der Waals surface area contributed by atoms with E-state index in [0.717, 1.165) is 22.1 Å². The average Bonchev–Trinajstić information content (AvgIpc) is 2.40. The third-order valence-electron chi connectivity index (χ3n) is 3.10. The number of hydrogen-bond acceptors (Lipinski definition) is 2. The van der Waals surface area contributed by atoms with E-state index in [1.54, 1.807) is 0 Å². The van der Waals surface area contributed by atoms with Crippen molar-refractivity contribution in [1.29, 1.82) is 0 Å². The molecular weight excluding hydrogens is 336 g/mol. The topological polar surface area (TPSA) is 78.4 Å². The molecule has 0 spiro atoms. The Balaban J connectivity index is 2.48. The molecule has 1 rings (SSSR count). The van der Waals surface area contributed by atoms with Crippen molar-refractivity contribution >= 4 is 33.6 Å². The van der Waals surface area contributed by atoms with Crippen LogP contribution in [-0.2, 0) is 11.2 Å². The van der Waals surface area contributed by atoms with Gasteiger partial charge in [-0.25, -0.2) is 4.79 Å². The van der Waals surface area contributed by atoms with E-state index >= 15 is 0 Å². The van der Waals surface area contributed by atoms with Gasteiger partial charge in [0.2, 0.25) is 0 Å². The summed E-state index contributed by atoms with van der Waals surface area (Å²) in [6.07, 6.45) is 2.14. The van der Waals surface area contributed by atoms with E-state index in [1.807, 2.05) is 32.0 Å². The minimum absolute atomic E-state index is 0.0649. The van der Waals surface area contributed by atoms with Crippen molar-refractivity contribution in [2.75, 3.05) is 5.32 Å². The smallest absolute Gasteiger partial charge is 0.319 e. The van der Waals surface area contributed by atoms with E-state index in [2.05, 4.69) is 26.6 Å². The second kappa shape index (κ2) is 8.67. The number of carboxylic acids is 1. The largest absolute Gasteiger partial charge is 0.481 e. The molecule has 0 fully saturated rings. The van der Waals surface area contributed by atoms with Crippen LogP contribution in [0, 0.1) is 0 Å². The molecule has 0 radical (unpaired) electrons. The first-order valence-electron chi connectivity index (χ1n) is 7.00. The third kappa shape index (κ3) is 6.62. The monoisotopic (exact) mass is 356 g/mol. The van der Waals surface area contributed by atoms with Crippen LogP contribution in [0.1, 0.15) is 38.7 Å². The van der Waals surface area contributed by atoms with Gasteiger partial charge in [-0.1, -0.05) is 22.9 Å². The molecular formula is C15H21BrN2O3. The lowest BCUT2D eigenvalue weighted by Crippen LogP contribution is -2.36. The van der Waals surface area contributed by atoms with Crippen LogP contribution in [0.25, 0.3) is 0 Å². The molecule has 0 bridgehead atoms. The number of rotatable bonds is 7. The zero-order valence-electron chi connectivity index (χ0n) is 12.3. The highest BCUT2D eigenvalue weighted by molar-refractivity contribution is 9.10. The minimum atomic E-state index is -0.811. The average molecular weight is 357 g/mol. The summed E-state index contributed by atoms with van der Waals surface area (Å²) in [5, 5.41) is 14.2. The number of aryl methyl sites for hydroxylation is 1. The first kappa shape index (κ1) is 17.5. The van der Waals surface area contributed by atoms with Crippen LogP contribution in [0.2, 0.25) is 0 Å². The number of anilines is 1. The number of amides is 2. The van der Waals surface area contributed by atoms with Gasteiger partial charge in [0.15, 0.2) is 0 Å². The predicted molar refractivity (Wildman–Crippen MR) is 86.6 cm³/mol. The Hall–Kier alpha value is -1.56. The second-order valence-electron chi connectivity index (χ2n) is 4.94. The maximum absolute atomic E-state index is 11.9. The van der Waals surface area contributed by atoms with E-state index in [-0.39, 0.29) is 18.5 Å². The fraction of sp³-hybridized carbons (Fsp3) is 0.467. The molecule has 1 atom stereocenters. The van der Waals surface area contributed by atoms with Gasteiger partial charge in [-0.3, -0.25) is 4.79 Å². The second-order valence-corrected chi connectivity index (χ2v) is 5.86. The number of halogens is 1. The van der Waals surface area contributed by atoms with Gasteiger partial charge >= 0.3 is 12.0 Å². The van der Waals surface area contributed by atoms with Gasteiger partial charge in [0, 0.05) is 22.6 Å². The van der Waals surface area contributed by atoms with Crippen LogP contribution < -0.4 is 10.6 Å². The summed E-state index contributed by atoms with van der Waals surface area (Å²) in [5.41, 5.74) is 1.84. The molecule has 0 aliphatic heterocycles. The summed E-state index contributed by atoms with van der Waals surface area (Å²) in [5.74, 6) is -0.811. The van der Waals surface area contributed by atoms with Crippen molar-refractivity contribution in [1.82, 2.24) is 5.32 Å². The van der Waals surface area contributed by atoms with E-state index in [4.69, 9.17) is 5.11 Å². The molecule has 6 heteroatoms. The molecule has 0 aliphatic rings. The van der Waals surface area contributed by atoms with Crippen LogP contribution >= 0.6 is 15.9 Å². The summed E-state index contributed by atoms with van der Waals surface area (Å²) in [6, 6.07) is 5.38. The molecule has 1 unspecified atom stereocenters. The molecule has 1 aromatic rings. The fourth-order valence-electron chi connectivity index (χ4n) is 1.99. The van der Waals surface area contributed by atoms with Gasteiger partial charge in [0.25, 0.3) is 0 Å². The van der Waals surface area contributed by atoms with Crippen LogP contribution in [0.3, 0.4) is 0 Å². The van der Waals surface area contributed by atoms with E-state index < -0.39 is 5.97 Å². The van der Waals surface area contributed by atoms with Gasteiger partial charge in [-0.05, 0) is 49.9 Å². The SMILES string of the molecule is CCc1cc(Br)ccc1NC(=O)NC(C)CCCC(=O)O. The lowest BCUT2D eigenvalue weighted by atomic mass is 10.1. The Morgan fingerprint density at radius 3 is 2.71 bits per heavy atom. The van der Waals surface area contributed by atoms with E-state index in [0.29, 0.717) is 12.8 Å². The standard InChI is InChI=1S/C15H21BrN2O3/c1-3-11-9-12(16)7-8-13(11)18-15(21)17-10(2)5-4-6-14(19)20/h7-10H,3-6H2,1-2H3,(H,19,20)(H2,17,18,21). The van der Waals surface area contributed by atoms with Gasteiger partial charge in [0.05, 0.1) is 0 Å². The fourth-order valence-corrected chi connectivity index (χ4v) is 2.40. The summed E-state index contributed by atoms with van der Waals surface area (Å²) in [4.78, 5) is 22.4. The number of carbonyl (C=O) groups excluding carboxylic acids is 1. The molecule has 21 heavy (non-hydrogen) atoms. The van der Waals surface area contributed by atoms with Crippen LogP contribution in [0.5, 0.6) is 0 Å². The van der Waals surface area contributed by atoms with Crippen molar-refractivity contribution in [2.24, 2.45) is 0 Å². The Labute approximate surface area is 133 Å². The van der Waals surface area contributed by atoms with Gasteiger partial charge in [-0.2, -0.15) is 0 Å². The van der Waals surface area contributed by atoms with Crippen molar-refractivity contribution in [2.45, 2.75) is 45.6 Å². The maximum atomic E-state index is 11.9. The summed E-state index contributed by atoms with van der Waals surface area (Å²) < 4.78 is 0.979. The Morgan fingerprint density at radius 1 is 1.38 bits per heavy atom. The van der Waals surface area contributed by atoms with Gasteiger partial charge in [-0.15, -0.1) is 0 Å². The molecule has 1 aromatic carbocycles. The number of urea groups is 1. The molecule has 3 N–H and O–H groups in total. The number of aliphatic carboxylic acids is 1. The quantitative estimate of drug-likeness (QED) is 0.695. The lowest BCUT2D eigenvalue weighted by Gasteiger charge is -2.16. The highest BCUT2D eigenvalue weighted by Crippen LogP contribution is 2.21. The van der Waals surface area contributed by atoms with Gasteiger partial charge < -0.3 is 15.7 Å². The normalized spacial score (nSPS) is 11.8. The lowest BCUT2D eigenvalue weighted by molar-refractivity contribution is -0.137. The minimum Gasteiger partial charge on any atom is -0.481 e. The van der Waals surface area contributed by atoms with E-state index in [1.165, 1.54) is 0 Å². The molecule has 0 aliphatic carbocycles. The number of carboxylic acid groups (broad SMARTS) is 1. The summed E-state index contributed by atoms with van der Waals surface area (Å²) in [7, 11) is 0. The Bertz CT molecular complexity index is 506. The molecule has 5 nitrogen and oxygen atoms in total. The van der Waals surface area contributed by atoms with Crippen LogP contribution in [0.4, 0.5) is 10.5 Å². The van der Waals surface area contributed by atoms with Crippen molar-refractivity contribution in [3.8, 4) is 0 Å². The molecule has 2 amide bonds. The third-order valence-corrected chi connectivity index (χ3v) is 3.59. The maximum Gasteiger partial charge on any atom is 0.319 e. The highest BCUT2D eigenvalue weighted by atomic mass is 79.9. The van der Waals surface area contributed by atoms with E-state index in [9.17, 15) is 9.59 Å².